The lowest BCUT2D eigenvalue weighted by atomic mass is 9.75. The summed E-state index contributed by atoms with van der Waals surface area (Å²) in [7, 11) is -0.415. The summed E-state index contributed by atoms with van der Waals surface area (Å²) in [5.41, 5.74) is 1.92. The molecule has 0 bridgehead atoms. The average Bonchev–Trinajstić information content (AvgIpc) is 2.67. The predicted octanol–water partition coefficient (Wildman–Crippen LogP) is 2.38. The first-order valence-electron chi connectivity index (χ1n) is 7.82. The molecule has 0 N–H and O–H groups in total. The topological polar surface area (TPSA) is 44.8 Å². The van der Waals surface area contributed by atoms with Crippen LogP contribution in [0.1, 0.15) is 50.5 Å². The number of aldehydes is 1. The Labute approximate surface area is 133 Å². The molecular weight excluding hydrogens is 279 g/mol. The van der Waals surface area contributed by atoms with Gasteiger partial charge < -0.3 is 14.0 Å². The van der Waals surface area contributed by atoms with Crippen LogP contribution in [-0.4, -0.2) is 37.8 Å². The molecule has 0 spiro atoms. The van der Waals surface area contributed by atoms with Crippen molar-refractivity contribution in [2.75, 3.05) is 13.2 Å². The van der Waals surface area contributed by atoms with Crippen molar-refractivity contribution in [3.05, 3.63) is 29.3 Å². The van der Waals surface area contributed by atoms with Crippen LogP contribution >= 0.6 is 0 Å². The normalized spacial score (nSPS) is 19.4. The maximum absolute atomic E-state index is 11.0. The van der Waals surface area contributed by atoms with Gasteiger partial charge in [0.05, 0.1) is 17.8 Å². The van der Waals surface area contributed by atoms with Crippen molar-refractivity contribution in [3.8, 4) is 0 Å². The highest BCUT2D eigenvalue weighted by molar-refractivity contribution is 6.62. The third kappa shape index (κ3) is 3.42. The zero-order valence-corrected chi connectivity index (χ0v) is 14.1. The summed E-state index contributed by atoms with van der Waals surface area (Å²) in [5.74, 6) is 0. The number of ether oxygens (including phenoxy) is 1. The highest BCUT2D eigenvalue weighted by atomic mass is 16.7. The molecule has 1 aromatic rings. The minimum absolute atomic E-state index is 0.377. The van der Waals surface area contributed by atoms with Crippen LogP contribution in [0.3, 0.4) is 0 Å². The van der Waals surface area contributed by atoms with Gasteiger partial charge in [0.2, 0.25) is 0 Å². The molecule has 0 saturated carbocycles. The summed E-state index contributed by atoms with van der Waals surface area (Å²) in [6.07, 6.45) is 1.59. The molecular formula is C17H25BO4. The Hall–Kier alpha value is -1.17. The second kappa shape index (κ2) is 6.53. The first-order valence-corrected chi connectivity index (χ1v) is 7.82. The zero-order valence-electron chi connectivity index (χ0n) is 14.1. The second-order valence-corrected chi connectivity index (χ2v) is 6.61. The molecule has 0 unspecified atom stereocenters. The van der Waals surface area contributed by atoms with Gasteiger partial charge in [-0.05, 0) is 58.1 Å². The van der Waals surface area contributed by atoms with E-state index < -0.39 is 7.12 Å². The minimum Gasteiger partial charge on any atom is -0.399 e. The van der Waals surface area contributed by atoms with Crippen LogP contribution < -0.4 is 5.46 Å². The Kier molecular flexibility index (Phi) is 5.10. The summed E-state index contributed by atoms with van der Waals surface area (Å²) < 4.78 is 17.7. The van der Waals surface area contributed by atoms with Gasteiger partial charge in [0.25, 0.3) is 0 Å². The van der Waals surface area contributed by atoms with Crippen molar-refractivity contribution >= 4 is 18.9 Å². The number of hydrogen-bond acceptors (Lipinski definition) is 4. The Balaban J connectivity index is 2.28. The molecule has 0 atom stereocenters. The number of carbonyl (C=O) groups is 1. The van der Waals surface area contributed by atoms with Gasteiger partial charge in [-0.25, -0.2) is 0 Å². The maximum Gasteiger partial charge on any atom is 0.495 e. The molecule has 5 heteroatoms. The third-order valence-electron chi connectivity index (χ3n) is 4.53. The number of benzene rings is 1. The Morgan fingerprint density at radius 2 is 1.82 bits per heavy atom. The van der Waals surface area contributed by atoms with Gasteiger partial charge in [-0.1, -0.05) is 12.1 Å². The lowest BCUT2D eigenvalue weighted by Gasteiger charge is -2.32. The minimum atomic E-state index is -0.415. The van der Waals surface area contributed by atoms with E-state index in [1.54, 1.807) is 6.07 Å². The average molecular weight is 304 g/mol. The van der Waals surface area contributed by atoms with Gasteiger partial charge >= 0.3 is 7.12 Å². The van der Waals surface area contributed by atoms with E-state index in [0.717, 1.165) is 23.7 Å². The van der Waals surface area contributed by atoms with Crippen LogP contribution in [0, 0.1) is 0 Å². The third-order valence-corrected chi connectivity index (χ3v) is 4.53. The van der Waals surface area contributed by atoms with Gasteiger partial charge in [0.1, 0.15) is 6.29 Å². The number of carbonyl (C=O) groups excluding carboxylic acids is 1. The highest BCUT2D eigenvalue weighted by Gasteiger charge is 2.52. The van der Waals surface area contributed by atoms with Crippen LogP contribution in [0.4, 0.5) is 0 Å². The molecule has 1 heterocycles. The van der Waals surface area contributed by atoms with Gasteiger partial charge in [0, 0.05) is 12.2 Å². The maximum atomic E-state index is 11.0. The smallest absolute Gasteiger partial charge is 0.399 e. The van der Waals surface area contributed by atoms with Crippen LogP contribution in [0.25, 0.3) is 0 Å². The van der Waals surface area contributed by atoms with Gasteiger partial charge in [-0.2, -0.15) is 0 Å². The molecule has 0 radical (unpaired) electrons. The first kappa shape index (κ1) is 17.2. The molecule has 0 amide bonds. The molecule has 2 rings (SSSR count). The highest BCUT2D eigenvalue weighted by Crippen LogP contribution is 2.36. The van der Waals surface area contributed by atoms with Crippen molar-refractivity contribution in [3.63, 3.8) is 0 Å². The van der Waals surface area contributed by atoms with Crippen molar-refractivity contribution < 1.29 is 18.8 Å². The molecule has 0 aromatic heterocycles. The molecule has 1 fully saturated rings. The standard InChI is InChI=1S/C17H25BO4/c1-6-20-10-9-14-11-13(12-19)7-8-15(14)18-21-16(2,3)17(4,5)22-18/h7-8,11-12H,6,9-10H2,1-5H3. The van der Waals surface area contributed by atoms with Gasteiger partial charge in [0.15, 0.2) is 0 Å². The lowest BCUT2D eigenvalue weighted by Crippen LogP contribution is -2.41. The molecule has 120 valence electrons. The monoisotopic (exact) mass is 304 g/mol. The van der Waals surface area contributed by atoms with E-state index >= 15 is 0 Å². The molecule has 0 aliphatic carbocycles. The molecule has 22 heavy (non-hydrogen) atoms. The molecule has 1 aromatic carbocycles. The van der Waals surface area contributed by atoms with E-state index in [4.69, 9.17) is 14.0 Å². The Morgan fingerprint density at radius 3 is 2.36 bits per heavy atom. The van der Waals surface area contributed by atoms with Crippen LogP contribution in [0.2, 0.25) is 0 Å². The quantitative estimate of drug-likeness (QED) is 0.460. The number of hydrogen-bond donors (Lipinski definition) is 0. The fourth-order valence-corrected chi connectivity index (χ4v) is 2.44. The second-order valence-electron chi connectivity index (χ2n) is 6.61. The van der Waals surface area contributed by atoms with E-state index in [2.05, 4.69) is 0 Å². The van der Waals surface area contributed by atoms with E-state index in [9.17, 15) is 4.79 Å². The summed E-state index contributed by atoms with van der Waals surface area (Å²) in [6, 6.07) is 5.62. The van der Waals surface area contributed by atoms with Gasteiger partial charge in [-0.3, -0.25) is 4.79 Å². The van der Waals surface area contributed by atoms with Crippen molar-refractivity contribution in [1.29, 1.82) is 0 Å². The van der Waals surface area contributed by atoms with E-state index in [1.165, 1.54) is 0 Å². The zero-order chi connectivity index (χ0) is 16.4. The van der Waals surface area contributed by atoms with Crippen LogP contribution in [0.15, 0.2) is 18.2 Å². The van der Waals surface area contributed by atoms with E-state index in [-0.39, 0.29) is 11.2 Å². The van der Waals surface area contributed by atoms with E-state index in [0.29, 0.717) is 18.8 Å². The summed E-state index contributed by atoms with van der Waals surface area (Å²) in [6.45, 7) is 11.4. The van der Waals surface area contributed by atoms with Crippen LogP contribution in [0.5, 0.6) is 0 Å². The Morgan fingerprint density at radius 1 is 1.18 bits per heavy atom. The largest absolute Gasteiger partial charge is 0.495 e. The summed E-state index contributed by atoms with van der Waals surface area (Å²) in [4.78, 5) is 11.0. The lowest BCUT2D eigenvalue weighted by molar-refractivity contribution is 0.00578. The number of rotatable bonds is 6. The van der Waals surface area contributed by atoms with E-state index in [1.807, 2.05) is 46.8 Å². The van der Waals surface area contributed by atoms with Crippen molar-refractivity contribution in [1.82, 2.24) is 0 Å². The first-order chi connectivity index (χ1) is 10.3. The van der Waals surface area contributed by atoms with Crippen molar-refractivity contribution in [2.45, 2.75) is 52.2 Å². The Bertz CT molecular complexity index is 523. The molecule has 4 nitrogen and oxygen atoms in total. The van der Waals surface area contributed by atoms with Crippen LogP contribution in [-0.2, 0) is 20.5 Å². The molecule has 1 aliphatic heterocycles. The fraction of sp³-hybridized carbons (Fsp3) is 0.588. The molecule has 1 saturated heterocycles. The molecule has 1 aliphatic rings. The fourth-order valence-electron chi connectivity index (χ4n) is 2.44. The predicted molar refractivity (Wildman–Crippen MR) is 87.7 cm³/mol. The summed E-state index contributed by atoms with van der Waals surface area (Å²) in [5, 5.41) is 0. The van der Waals surface area contributed by atoms with Gasteiger partial charge in [-0.15, -0.1) is 0 Å². The van der Waals surface area contributed by atoms with Crippen molar-refractivity contribution in [2.24, 2.45) is 0 Å². The SMILES string of the molecule is CCOCCc1cc(C=O)ccc1B1OC(C)(C)C(C)(C)O1. The summed E-state index contributed by atoms with van der Waals surface area (Å²) >= 11 is 0.